The van der Waals surface area contributed by atoms with Gasteiger partial charge in [-0.15, -0.1) is 0 Å². The first-order valence-corrected chi connectivity index (χ1v) is 10.5. The predicted octanol–water partition coefficient (Wildman–Crippen LogP) is 1.92. The lowest BCUT2D eigenvalue weighted by molar-refractivity contribution is -0.134. The molecule has 2 saturated heterocycles. The zero-order valence-electron chi connectivity index (χ0n) is 15.3. The Morgan fingerprint density at radius 3 is 2.72 bits per heavy atom. The number of carbonyl (C=O) groups is 2. The number of hydrogen-bond donors (Lipinski definition) is 2. The Labute approximate surface area is 151 Å². The Morgan fingerprint density at radius 1 is 1.08 bits per heavy atom. The first-order valence-electron chi connectivity index (χ1n) is 10.5. The van der Waals surface area contributed by atoms with Crippen molar-refractivity contribution in [3.05, 3.63) is 0 Å². The van der Waals surface area contributed by atoms with Gasteiger partial charge < -0.3 is 15.5 Å². The summed E-state index contributed by atoms with van der Waals surface area (Å²) in [5.74, 6) is 3.32. The third-order valence-corrected chi connectivity index (χ3v) is 7.13. The molecule has 2 aliphatic heterocycles. The van der Waals surface area contributed by atoms with E-state index in [4.69, 9.17) is 0 Å². The van der Waals surface area contributed by atoms with Gasteiger partial charge in [-0.25, -0.2) is 0 Å². The third-order valence-electron chi connectivity index (χ3n) is 7.13. The number of carbonyl (C=O) groups excluding carboxylic acids is 2. The van der Waals surface area contributed by atoms with E-state index in [1.54, 1.807) is 0 Å². The van der Waals surface area contributed by atoms with Crippen LogP contribution in [0.5, 0.6) is 0 Å². The number of nitrogens with zero attached hydrogens (tertiary/aromatic N) is 1. The molecule has 4 aliphatic rings. The average Bonchev–Trinajstić information content (AvgIpc) is 3.37. The highest BCUT2D eigenvalue weighted by atomic mass is 16.2. The molecule has 0 radical (unpaired) electrons. The van der Waals surface area contributed by atoms with Crippen LogP contribution in [0.4, 0.5) is 0 Å². The Hall–Kier alpha value is -1.10. The van der Waals surface area contributed by atoms with E-state index in [9.17, 15) is 9.59 Å². The number of amides is 2. The number of rotatable bonds is 5. The molecule has 0 spiro atoms. The monoisotopic (exact) mass is 347 g/mol. The molecule has 25 heavy (non-hydrogen) atoms. The minimum atomic E-state index is -0.000820. The van der Waals surface area contributed by atoms with Crippen molar-refractivity contribution in [2.75, 3.05) is 26.2 Å². The highest BCUT2D eigenvalue weighted by molar-refractivity contribution is 5.82. The zero-order chi connectivity index (χ0) is 17.2. The average molecular weight is 348 g/mol. The fraction of sp³-hybridized carbons (Fsp3) is 0.900. The van der Waals surface area contributed by atoms with Crippen molar-refractivity contribution in [1.29, 1.82) is 0 Å². The Kier molecular flexibility index (Phi) is 5.30. The molecule has 4 rings (SSSR count). The molecule has 2 heterocycles. The Balaban J connectivity index is 1.21. The van der Waals surface area contributed by atoms with E-state index in [-0.39, 0.29) is 11.9 Å². The second-order valence-corrected chi connectivity index (χ2v) is 8.88. The smallest absolute Gasteiger partial charge is 0.237 e. The molecule has 0 aromatic rings. The van der Waals surface area contributed by atoms with Crippen LogP contribution in [0.1, 0.15) is 57.8 Å². The number of fused-ring (bicyclic) bond motifs is 2. The zero-order valence-corrected chi connectivity index (χ0v) is 15.3. The van der Waals surface area contributed by atoms with Crippen molar-refractivity contribution >= 4 is 11.8 Å². The van der Waals surface area contributed by atoms with Gasteiger partial charge in [0, 0.05) is 26.1 Å². The molecule has 5 atom stereocenters. The molecule has 4 fully saturated rings. The molecule has 2 N–H and O–H groups in total. The topological polar surface area (TPSA) is 61.4 Å². The van der Waals surface area contributed by atoms with E-state index in [0.717, 1.165) is 70.1 Å². The predicted molar refractivity (Wildman–Crippen MR) is 96.9 cm³/mol. The molecule has 2 amide bonds. The van der Waals surface area contributed by atoms with Crippen LogP contribution in [0.15, 0.2) is 0 Å². The molecule has 2 saturated carbocycles. The Bertz CT molecular complexity index is 503. The quantitative estimate of drug-likeness (QED) is 0.799. The maximum Gasteiger partial charge on any atom is 0.237 e. The van der Waals surface area contributed by atoms with E-state index >= 15 is 0 Å². The van der Waals surface area contributed by atoms with E-state index in [1.807, 2.05) is 0 Å². The van der Waals surface area contributed by atoms with Crippen molar-refractivity contribution in [2.45, 2.75) is 63.8 Å². The van der Waals surface area contributed by atoms with Gasteiger partial charge in [-0.1, -0.05) is 6.42 Å². The van der Waals surface area contributed by atoms with Gasteiger partial charge in [0.2, 0.25) is 11.8 Å². The van der Waals surface area contributed by atoms with Crippen LogP contribution >= 0.6 is 0 Å². The van der Waals surface area contributed by atoms with Gasteiger partial charge in [-0.2, -0.15) is 0 Å². The second-order valence-electron chi connectivity index (χ2n) is 8.88. The first-order chi connectivity index (χ1) is 12.2. The van der Waals surface area contributed by atoms with Crippen LogP contribution < -0.4 is 10.6 Å². The summed E-state index contributed by atoms with van der Waals surface area (Å²) in [5, 5.41) is 6.36. The summed E-state index contributed by atoms with van der Waals surface area (Å²) in [4.78, 5) is 27.0. The van der Waals surface area contributed by atoms with Crippen molar-refractivity contribution in [1.82, 2.24) is 15.5 Å². The van der Waals surface area contributed by atoms with Crippen molar-refractivity contribution < 1.29 is 9.59 Å². The number of likely N-dealkylation sites (tertiary alicyclic amines) is 1. The summed E-state index contributed by atoms with van der Waals surface area (Å²) in [6, 6.07) is -0.000820. The van der Waals surface area contributed by atoms with Gasteiger partial charge in [-0.3, -0.25) is 9.59 Å². The number of hydrogen-bond acceptors (Lipinski definition) is 3. The first kappa shape index (κ1) is 17.3. The van der Waals surface area contributed by atoms with Crippen molar-refractivity contribution in [3.8, 4) is 0 Å². The molecule has 2 bridgehead atoms. The van der Waals surface area contributed by atoms with Crippen LogP contribution in [-0.2, 0) is 9.59 Å². The fourth-order valence-corrected chi connectivity index (χ4v) is 5.71. The summed E-state index contributed by atoms with van der Waals surface area (Å²) < 4.78 is 0. The van der Waals surface area contributed by atoms with Crippen LogP contribution in [0.2, 0.25) is 0 Å². The van der Waals surface area contributed by atoms with Crippen molar-refractivity contribution in [2.24, 2.45) is 23.7 Å². The van der Waals surface area contributed by atoms with Gasteiger partial charge >= 0.3 is 0 Å². The molecule has 0 aromatic carbocycles. The van der Waals surface area contributed by atoms with Crippen LogP contribution in [0, 0.1) is 23.7 Å². The number of piperidine rings is 1. The second kappa shape index (κ2) is 7.65. The van der Waals surface area contributed by atoms with E-state index in [2.05, 4.69) is 15.5 Å². The molecular formula is C20H33N3O2. The van der Waals surface area contributed by atoms with E-state index < -0.39 is 0 Å². The largest absolute Gasteiger partial charge is 0.354 e. The third kappa shape index (κ3) is 4.02. The standard InChI is InChI=1S/C20H33N3O2/c24-19(11-17-10-14-5-6-16(17)9-14)23-8-2-3-15(13-23)12-22-20(25)18-4-1-7-21-18/h14-18,21H,1-13H2,(H,22,25). The fourth-order valence-electron chi connectivity index (χ4n) is 5.71. The van der Waals surface area contributed by atoms with Crippen LogP contribution in [0.25, 0.3) is 0 Å². The SMILES string of the molecule is O=C(NCC1CCCN(C(=O)CC2CC3CCC2C3)C1)C1CCCN1. The van der Waals surface area contributed by atoms with Gasteiger partial charge in [0.15, 0.2) is 0 Å². The normalized spacial score (nSPS) is 37.4. The van der Waals surface area contributed by atoms with Crippen molar-refractivity contribution in [3.63, 3.8) is 0 Å². The molecule has 0 aromatic heterocycles. The lowest BCUT2D eigenvalue weighted by Crippen LogP contribution is -2.47. The molecule has 2 aliphatic carbocycles. The number of nitrogens with one attached hydrogen (secondary N) is 2. The lowest BCUT2D eigenvalue weighted by atomic mass is 9.86. The van der Waals surface area contributed by atoms with E-state index in [0.29, 0.717) is 17.7 Å². The maximum absolute atomic E-state index is 12.8. The van der Waals surface area contributed by atoms with Crippen LogP contribution in [-0.4, -0.2) is 48.9 Å². The van der Waals surface area contributed by atoms with Gasteiger partial charge in [0.1, 0.15) is 0 Å². The minimum Gasteiger partial charge on any atom is -0.354 e. The maximum atomic E-state index is 12.8. The highest BCUT2D eigenvalue weighted by Crippen LogP contribution is 2.49. The Morgan fingerprint density at radius 2 is 2.00 bits per heavy atom. The summed E-state index contributed by atoms with van der Waals surface area (Å²) in [6.45, 7) is 3.41. The van der Waals surface area contributed by atoms with Gasteiger partial charge in [0.25, 0.3) is 0 Å². The highest BCUT2D eigenvalue weighted by Gasteiger charge is 2.41. The summed E-state index contributed by atoms with van der Waals surface area (Å²) in [7, 11) is 0. The van der Waals surface area contributed by atoms with Gasteiger partial charge in [0.05, 0.1) is 6.04 Å². The molecule has 5 unspecified atom stereocenters. The lowest BCUT2D eigenvalue weighted by Gasteiger charge is -2.34. The summed E-state index contributed by atoms with van der Waals surface area (Å²) in [6.07, 6.45) is 10.4. The van der Waals surface area contributed by atoms with Crippen LogP contribution in [0.3, 0.4) is 0 Å². The molecule has 5 heteroatoms. The molecule has 5 nitrogen and oxygen atoms in total. The minimum absolute atomic E-state index is 0.000820. The summed E-state index contributed by atoms with van der Waals surface area (Å²) >= 11 is 0. The summed E-state index contributed by atoms with van der Waals surface area (Å²) in [5.41, 5.74) is 0. The molecular weight excluding hydrogens is 314 g/mol. The van der Waals surface area contributed by atoms with Gasteiger partial charge in [-0.05, 0) is 75.2 Å². The molecule has 140 valence electrons. The van der Waals surface area contributed by atoms with E-state index in [1.165, 1.54) is 25.7 Å².